The van der Waals surface area contributed by atoms with E-state index in [-0.39, 0.29) is 24.2 Å². The minimum absolute atomic E-state index is 0. The maximum atomic E-state index is 12.5. The number of carbonyl (C=O) groups is 1. The summed E-state index contributed by atoms with van der Waals surface area (Å²) in [4.78, 5) is 17.1. The number of halogens is 2. The summed E-state index contributed by atoms with van der Waals surface area (Å²) in [7, 11) is 1.82. The third-order valence-electron chi connectivity index (χ3n) is 4.48. The largest absolute Gasteiger partial charge is 0.317 e. The molecule has 0 bridgehead atoms. The monoisotopic (exact) mass is 427 g/mol. The molecule has 1 aliphatic rings. The number of aryl methyl sites for hydroxylation is 1. The number of carbonyl (C=O) groups excluding carboxylic acids is 1. The Morgan fingerprint density at radius 2 is 1.96 bits per heavy atom. The molecule has 1 fully saturated rings. The number of piperidine rings is 1. The number of nitrogens with zero attached hydrogens (tertiary/aromatic N) is 3. The molecule has 25 heavy (non-hydrogen) atoms. The van der Waals surface area contributed by atoms with Gasteiger partial charge in [-0.05, 0) is 50.6 Å². The molecule has 1 atom stereocenters. The van der Waals surface area contributed by atoms with Gasteiger partial charge in [0.1, 0.15) is 0 Å². The normalized spacial score (nSPS) is 16.1. The summed E-state index contributed by atoms with van der Waals surface area (Å²) >= 11 is 3.41. The lowest BCUT2D eigenvalue weighted by Crippen LogP contribution is -2.27. The number of rotatable bonds is 4. The van der Waals surface area contributed by atoms with E-state index in [4.69, 9.17) is 0 Å². The Balaban J connectivity index is 0.00000225. The molecule has 1 saturated heterocycles. The van der Waals surface area contributed by atoms with E-state index in [9.17, 15) is 4.79 Å². The Morgan fingerprint density at radius 1 is 1.32 bits per heavy atom. The zero-order chi connectivity index (χ0) is 17.1. The van der Waals surface area contributed by atoms with E-state index in [0.29, 0.717) is 11.9 Å². The Labute approximate surface area is 162 Å². The number of amides is 1. The molecule has 8 heteroatoms. The second-order valence-electron chi connectivity index (χ2n) is 6.20. The maximum absolute atomic E-state index is 12.5. The van der Waals surface area contributed by atoms with E-state index in [1.54, 1.807) is 4.68 Å². The van der Waals surface area contributed by atoms with Crippen molar-refractivity contribution >= 4 is 40.2 Å². The minimum Gasteiger partial charge on any atom is -0.317 e. The Kier molecular flexibility index (Phi) is 6.98. The van der Waals surface area contributed by atoms with Crippen LogP contribution in [0.2, 0.25) is 0 Å². The number of hydrogen-bond acceptors (Lipinski definition) is 4. The predicted molar refractivity (Wildman–Crippen MR) is 104 cm³/mol. The first kappa shape index (κ1) is 19.9. The van der Waals surface area contributed by atoms with E-state index in [2.05, 4.69) is 36.6 Å². The van der Waals surface area contributed by atoms with Crippen molar-refractivity contribution < 1.29 is 4.79 Å². The average molecular weight is 429 g/mol. The van der Waals surface area contributed by atoms with Crippen LogP contribution >= 0.6 is 28.3 Å². The van der Waals surface area contributed by atoms with Crippen LogP contribution in [-0.2, 0) is 11.8 Å². The number of benzene rings is 1. The van der Waals surface area contributed by atoms with Crippen LogP contribution < -0.4 is 10.6 Å². The summed E-state index contributed by atoms with van der Waals surface area (Å²) in [5, 5.41) is 10.7. The van der Waals surface area contributed by atoms with E-state index in [1.165, 1.54) is 0 Å². The molecule has 2 heterocycles. The lowest BCUT2D eigenvalue weighted by molar-refractivity contribution is -0.117. The lowest BCUT2D eigenvalue weighted by atomic mass is 9.98. The van der Waals surface area contributed by atoms with E-state index < -0.39 is 0 Å². The predicted octanol–water partition coefficient (Wildman–Crippen LogP) is 3.21. The van der Waals surface area contributed by atoms with Gasteiger partial charge in [-0.2, -0.15) is 10.1 Å². The van der Waals surface area contributed by atoms with Gasteiger partial charge in [-0.1, -0.05) is 28.1 Å². The molecule has 6 nitrogen and oxygen atoms in total. The number of nitrogens with one attached hydrogen (secondary N) is 2. The van der Waals surface area contributed by atoms with Gasteiger partial charge in [-0.3, -0.25) is 10.1 Å². The molecule has 1 aromatic heterocycles. The third kappa shape index (κ3) is 4.80. The van der Waals surface area contributed by atoms with E-state index >= 15 is 0 Å². The highest BCUT2D eigenvalue weighted by Gasteiger charge is 2.22. The third-order valence-corrected chi connectivity index (χ3v) is 5.01. The second-order valence-corrected chi connectivity index (χ2v) is 7.12. The Morgan fingerprint density at radius 3 is 2.60 bits per heavy atom. The van der Waals surface area contributed by atoms with Crippen LogP contribution in [0.1, 0.15) is 43.0 Å². The lowest BCUT2D eigenvalue weighted by Gasteiger charge is -2.19. The van der Waals surface area contributed by atoms with Crippen molar-refractivity contribution in [3.8, 4) is 0 Å². The molecule has 3 rings (SSSR count). The first-order valence-electron chi connectivity index (χ1n) is 8.22. The fourth-order valence-electron chi connectivity index (χ4n) is 2.89. The summed E-state index contributed by atoms with van der Waals surface area (Å²) in [5.41, 5.74) is 0.969. The van der Waals surface area contributed by atoms with Gasteiger partial charge in [-0.15, -0.1) is 12.4 Å². The molecular weight excluding hydrogens is 406 g/mol. The van der Waals surface area contributed by atoms with Gasteiger partial charge >= 0.3 is 0 Å². The van der Waals surface area contributed by atoms with Crippen molar-refractivity contribution in [2.24, 2.45) is 7.05 Å². The Bertz CT molecular complexity index is 712. The maximum Gasteiger partial charge on any atom is 0.233 e. The summed E-state index contributed by atoms with van der Waals surface area (Å²) in [6, 6.07) is 7.78. The number of hydrogen-bond donors (Lipinski definition) is 2. The van der Waals surface area contributed by atoms with Gasteiger partial charge in [0.25, 0.3) is 0 Å². The average Bonchev–Trinajstić information content (AvgIpc) is 2.96. The molecule has 1 unspecified atom stereocenters. The van der Waals surface area contributed by atoms with E-state index in [0.717, 1.165) is 41.8 Å². The fourth-order valence-corrected chi connectivity index (χ4v) is 3.15. The van der Waals surface area contributed by atoms with Crippen LogP contribution in [0.15, 0.2) is 28.7 Å². The van der Waals surface area contributed by atoms with Crippen molar-refractivity contribution in [3.63, 3.8) is 0 Å². The summed E-state index contributed by atoms with van der Waals surface area (Å²) < 4.78 is 2.66. The van der Waals surface area contributed by atoms with Crippen molar-refractivity contribution in [3.05, 3.63) is 40.1 Å². The molecular formula is C17H23BrClN5O. The summed E-state index contributed by atoms with van der Waals surface area (Å²) in [6.45, 7) is 3.87. The molecule has 1 amide bonds. The van der Waals surface area contributed by atoms with Crippen molar-refractivity contribution in [1.29, 1.82) is 0 Å². The van der Waals surface area contributed by atoms with Gasteiger partial charge in [0.15, 0.2) is 5.82 Å². The number of aromatic nitrogens is 3. The first-order chi connectivity index (χ1) is 11.5. The highest BCUT2D eigenvalue weighted by Crippen LogP contribution is 2.24. The zero-order valence-corrected chi connectivity index (χ0v) is 16.7. The van der Waals surface area contributed by atoms with Crippen LogP contribution in [0.3, 0.4) is 0 Å². The zero-order valence-electron chi connectivity index (χ0n) is 14.3. The van der Waals surface area contributed by atoms with Gasteiger partial charge in [0, 0.05) is 17.4 Å². The van der Waals surface area contributed by atoms with Gasteiger partial charge in [-0.25, -0.2) is 4.68 Å². The molecule has 1 aliphatic heterocycles. The van der Waals surface area contributed by atoms with Gasteiger partial charge in [0.2, 0.25) is 11.9 Å². The molecule has 0 saturated carbocycles. The first-order valence-corrected chi connectivity index (χ1v) is 9.02. The van der Waals surface area contributed by atoms with Crippen molar-refractivity contribution in [1.82, 2.24) is 20.1 Å². The van der Waals surface area contributed by atoms with Crippen LogP contribution in [0.4, 0.5) is 5.95 Å². The highest BCUT2D eigenvalue weighted by molar-refractivity contribution is 9.10. The Hall–Kier alpha value is -1.44. The topological polar surface area (TPSA) is 71.8 Å². The molecule has 0 radical (unpaired) electrons. The van der Waals surface area contributed by atoms with Crippen molar-refractivity contribution in [2.45, 2.75) is 31.6 Å². The van der Waals surface area contributed by atoms with Crippen LogP contribution in [0.5, 0.6) is 0 Å². The molecule has 0 aliphatic carbocycles. The molecule has 0 spiro atoms. The van der Waals surface area contributed by atoms with Crippen molar-refractivity contribution in [2.75, 3.05) is 18.4 Å². The number of anilines is 1. The molecule has 2 aromatic rings. The molecule has 2 N–H and O–H groups in total. The van der Waals surface area contributed by atoms with Gasteiger partial charge < -0.3 is 5.32 Å². The summed E-state index contributed by atoms with van der Waals surface area (Å²) in [5.74, 6) is 1.37. The highest BCUT2D eigenvalue weighted by atomic mass is 79.9. The fraction of sp³-hybridized carbons (Fsp3) is 0.471. The minimum atomic E-state index is -0.253. The SMILES string of the molecule is CC(C(=O)Nc1nc(C2CCNCC2)nn1C)c1ccc(Br)cc1.Cl. The van der Waals surface area contributed by atoms with Crippen LogP contribution in [0, 0.1) is 0 Å². The summed E-state index contributed by atoms with van der Waals surface area (Å²) in [6.07, 6.45) is 2.07. The van der Waals surface area contributed by atoms with E-state index in [1.807, 2.05) is 38.2 Å². The molecule has 1 aromatic carbocycles. The molecule has 136 valence electrons. The smallest absolute Gasteiger partial charge is 0.233 e. The van der Waals surface area contributed by atoms with Gasteiger partial charge in [0.05, 0.1) is 5.92 Å². The van der Waals surface area contributed by atoms with Crippen LogP contribution in [0.25, 0.3) is 0 Å². The standard InChI is InChI=1S/C17H22BrN5O.ClH/c1-11(12-3-5-14(18)6-4-12)16(24)21-17-20-15(22-23(17)2)13-7-9-19-10-8-13;/h3-6,11,13,19H,7-10H2,1-2H3,(H,20,21,22,24);1H. The van der Waals surface area contributed by atoms with Crippen LogP contribution in [-0.4, -0.2) is 33.8 Å². The second kappa shape index (κ2) is 8.78. The quantitative estimate of drug-likeness (QED) is 0.784.